The molecule has 36 heavy (non-hydrogen) atoms. The van der Waals surface area contributed by atoms with Crippen molar-refractivity contribution in [3.63, 3.8) is 0 Å². The summed E-state index contributed by atoms with van der Waals surface area (Å²) in [6, 6.07) is 5.95. The van der Waals surface area contributed by atoms with Gasteiger partial charge in [-0.05, 0) is 32.9 Å². The summed E-state index contributed by atoms with van der Waals surface area (Å²) in [5.41, 5.74) is 0.837. The van der Waals surface area contributed by atoms with Crippen LogP contribution in [0.25, 0.3) is 11.3 Å². The van der Waals surface area contributed by atoms with Crippen molar-refractivity contribution in [1.29, 1.82) is 0 Å². The maximum Gasteiger partial charge on any atom is 0.411 e. The van der Waals surface area contributed by atoms with E-state index in [0.29, 0.717) is 22.8 Å². The lowest BCUT2D eigenvalue weighted by Crippen LogP contribution is -2.36. The molecule has 2 aromatic heterocycles. The standard InChI is InChI=1S/C23H26ClN5O7/c1-23(2,3)36-22(32)27-14(10-16-26-15(11-35-16)20(30)33-4)19-28-17(18(24)29-19)12-6-8-13(9-7-12)25-21(31)34-5/h6-9,11,14H,10H2,1-5H3,(H,25,31)(H,27,32)(H,28,29). The van der Waals surface area contributed by atoms with Gasteiger partial charge < -0.3 is 28.9 Å². The molecule has 1 atom stereocenters. The van der Waals surface area contributed by atoms with E-state index in [4.69, 9.17) is 20.8 Å². The Bertz CT molecular complexity index is 1230. The molecule has 0 radical (unpaired) electrons. The van der Waals surface area contributed by atoms with Crippen molar-refractivity contribution in [1.82, 2.24) is 20.3 Å². The van der Waals surface area contributed by atoms with Gasteiger partial charge in [0.2, 0.25) is 0 Å². The molecule has 0 bridgehead atoms. The zero-order valence-electron chi connectivity index (χ0n) is 20.3. The first-order valence-corrected chi connectivity index (χ1v) is 11.1. The Kier molecular flexibility index (Phi) is 8.20. The highest BCUT2D eigenvalue weighted by molar-refractivity contribution is 6.31. The molecule has 13 heteroatoms. The smallest absolute Gasteiger partial charge is 0.411 e. The summed E-state index contributed by atoms with van der Waals surface area (Å²) in [4.78, 5) is 47.3. The summed E-state index contributed by atoms with van der Waals surface area (Å²) in [6.07, 6.45) is -0.0992. The number of H-pyrrole nitrogens is 1. The largest absolute Gasteiger partial charge is 0.464 e. The van der Waals surface area contributed by atoms with Gasteiger partial charge in [-0.25, -0.2) is 24.4 Å². The Balaban J connectivity index is 1.88. The van der Waals surface area contributed by atoms with E-state index in [0.717, 1.165) is 6.26 Å². The second-order valence-electron chi connectivity index (χ2n) is 8.50. The van der Waals surface area contributed by atoms with Gasteiger partial charge in [0.15, 0.2) is 11.6 Å². The van der Waals surface area contributed by atoms with Crippen molar-refractivity contribution in [2.24, 2.45) is 0 Å². The SMILES string of the molecule is COC(=O)Nc1ccc(-c2nc(C(Cc3nc(C(=O)OC)co3)NC(=O)OC(C)(C)C)[nH]c2Cl)cc1. The summed E-state index contributed by atoms with van der Waals surface area (Å²) in [5.74, 6) is -0.200. The number of carbonyl (C=O) groups excluding carboxylic acids is 3. The van der Waals surface area contributed by atoms with E-state index in [9.17, 15) is 14.4 Å². The van der Waals surface area contributed by atoms with E-state index in [2.05, 4.69) is 35.1 Å². The Morgan fingerprint density at radius 3 is 2.39 bits per heavy atom. The van der Waals surface area contributed by atoms with Crippen LogP contribution in [0.3, 0.4) is 0 Å². The number of alkyl carbamates (subject to hydrolysis) is 1. The molecule has 0 aliphatic heterocycles. The molecule has 0 spiro atoms. The van der Waals surface area contributed by atoms with Crippen LogP contribution in [0.1, 0.15) is 49.0 Å². The number of oxazole rings is 1. The third kappa shape index (κ3) is 6.98. The van der Waals surface area contributed by atoms with Gasteiger partial charge in [0.25, 0.3) is 0 Å². The number of methoxy groups -OCH3 is 2. The molecule has 0 saturated carbocycles. The number of esters is 1. The maximum absolute atomic E-state index is 12.5. The number of hydrogen-bond donors (Lipinski definition) is 3. The average Bonchev–Trinajstić information content (AvgIpc) is 3.44. The van der Waals surface area contributed by atoms with Crippen molar-refractivity contribution in [3.05, 3.63) is 53.1 Å². The zero-order valence-corrected chi connectivity index (χ0v) is 21.1. The number of anilines is 1. The second-order valence-corrected chi connectivity index (χ2v) is 8.88. The van der Waals surface area contributed by atoms with Crippen molar-refractivity contribution in [3.8, 4) is 11.3 Å². The fourth-order valence-electron chi connectivity index (χ4n) is 3.05. The summed E-state index contributed by atoms with van der Waals surface area (Å²) in [5, 5.41) is 5.50. The molecule has 0 fully saturated rings. The molecule has 192 valence electrons. The van der Waals surface area contributed by atoms with Gasteiger partial charge >= 0.3 is 18.2 Å². The lowest BCUT2D eigenvalue weighted by Gasteiger charge is -2.22. The summed E-state index contributed by atoms with van der Waals surface area (Å²) in [6.45, 7) is 5.21. The van der Waals surface area contributed by atoms with Crippen molar-refractivity contribution in [2.45, 2.75) is 38.8 Å². The highest BCUT2D eigenvalue weighted by Crippen LogP contribution is 2.29. The lowest BCUT2D eigenvalue weighted by atomic mass is 10.1. The quantitative estimate of drug-likeness (QED) is 0.302. The van der Waals surface area contributed by atoms with Gasteiger partial charge in [0, 0.05) is 11.3 Å². The fourth-order valence-corrected chi connectivity index (χ4v) is 3.30. The summed E-state index contributed by atoms with van der Waals surface area (Å²) < 4.78 is 20.0. The molecular weight excluding hydrogens is 494 g/mol. The van der Waals surface area contributed by atoms with Crippen LogP contribution in [0, 0.1) is 0 Å². The van der Waals surface area contributed by atoms with Gasteiger partial charge in [-0.1, -0.05) is 23.7 Å². The van der Waals surface area contributed by atoms with Gasteiger partial charge in [-0.15, -0.1) is 0 Å². The van der Waals surface area contributed by atoms with E-state index >= 15 is 0 Å². The molecule has 1 unspecified atom stereocenters. The van der Waals surface area contributed by atoms with Crippen LogP contribution in [0.5, 0.6) is 0 Å². The lowest BCUT2D eigenvalue weighted by molar-refractivity contribution is 0.0498. The summed E-state index contributed by atoms with van der Waals surface area (Å²) in [7, 11) is 2.50. The molecule has 2 amide bonds. The molecule has 3 rings (SSSR count). The highest BCUT2D eigenvalue weighted by Gasteiger charge is 2.26. The predicted molar refractivity (Wildman–Crippen MR) is 129 cm³/mol. The third-order valence-electron chi connectivity index (χ3n) is 4.61. The van der Waals surface area contributed by atoms with Crippen LogP contribution in [-0.4, -0.2) is 52.9 Å². The Morgan fingerprint density at radius 1 is 1.08 bits per heavy atom. The van der Waals surface area contributed by atoms with E-state index in [1.807, 2.05) is 0 Å². The Morgan fingerprint density at radius 2 is 1.78 bits per heavy atom. The van der Waals surface area contributed by atoms with Gasteiger partial charge in [-0.3, -0.25) is 5.32 Å². The van der Waals surface area contributed by atoms with E-state index in [-0.39, 0.29) is 23.2 Å². The van der Waals surface area contributed by atoms with Crippen molar-refractivity contribution < 1.29 is 33.0 Å². The Labute approximate surface area is 211 Å². The number of amides is 2. The van der Waals surface area contributed by atoms with Crippen LogP contribution in [0.4, 0.5) is 15.3 Å². The number of rotatable bonds is 7. The molecule has 2 heterocycles. The molecule has 0 aliphatic carbocycles. The van der Waals surface area contributed by atoms with Crippen LogP contribution >= 0.6 is 11.6 Å². The number of aromatic nitrogens is 3. The maximum atomic E-state index is 12.5. The van der Waals surface area contributed by atoms with E-state index in [1.54, 1.807) is 45.0 Å². The van der Waals surface area contributed by atoms with Gasteiger partial charge in [0.1, 0.15) is 28.5 Å². The molecule has 0 aliphatic rings. The third-order valence-corrected chi connectivity index (χ3v) is 4.89. The number of benzene rings is 1. The summed E-state index contributed by atoms with van der Waals surface area (Å²) >= 11 is 6.43. The number of nitrogens with one attached hydrogen (secondary N) is 3. The number of nitrogens with zero attached hydrogens (tertiary/aromatic N) is 2. The first-order chi connectivity index (χ1) is 17.0. The predicted octanol–water partition coefficient (Wildman–Crippen LogP) is 4.49. The van der Waals surface area contributed by atoms with Gasteiger partial charge in [0.05, 0.1) is 26.7 Å². The van der Waals surface area contributed by atoms with Crippen molar-refractivity contribution in [2.75, 3.05) is 19.5 Å². The monoisotopic (exact) mass is 519 g/mol. The van der Waals surface area contributed by atoms with Crippen LogP contribution in [0.15, 0.2) is 34.9 Å². The molecule has 0 saturated heterocycles. The number of imidazole rings is 1. The van der Waals surface area contributed by atoms with Crippen LogP contribution in [-0.2, 0) is 20.6 Å². The minimum atomic E-state index is -0.796. The average molecular weight is 520 g/mol. The molecule has 3 N–H and O–H groups in total. The number of halogens is 1. The Hall–Kier alpha value is -4.06. The second kappa shape index (κ2) is 11.1. The fraction of sp³-hybridized carbons (Fsp3) is 0.348. The number of carbonyl (C=O) groups is 3. The first-order valence-electron chi connectivity index (χ1n) is 10.7. The van der Waals surface area contributed by atoms with Crippen molar-refractivity contribution >= 4 is 35.4 Å². The molecule has 12 nitrogen and oxygen atoms in total. The number of aromatic amines is 1. The topological polar surface area (TPSA) is 158 Å². The zero-order chi connectivity index (χ0) is 26.5. The van der Waals surface area contributed by atoms with Crippen LogP contribution < -0.4 is 10.6 Å². The van der Waals surface area contributed by atoms with E-state index < -0.39 is 29.8 Å². The van der Waals surface area contributed by atoms with E-state index in [1.165, 1.54) is 14.2 Å². The normalized spacial score (nSPS) is 11.9. The number of ether oxygens (including phenoxy) is 3. The highest BCUT2D eigenvalue weighted by atomic mass is 35.5. The van der Waals surface area contributed by atoms with Gasteiger partial charge in [-0.2, -0.15) is 0 Å². The number of hydrogen-bond acceptors (Lipinski definition) is 9. The molecular formula is C23H26ClN5O7. The first kappa shape index (κ1) is 26.5. The minimum absolute atomic E-state index is 0.0117. The molecule has 3 aromatic rings. The van der Waals surface area contributed by atoms with Crippen LogP contribution in [0.2, 0.25) is 5.15 Å². The molecule has 1 aromatic carbocycles. The minimum Gasteiger partial charge on any atom is -0.464 e.